The lowest BCUT2D eigenvalue weighted by Crippen LogP contribution is -2.41. The van der Waals surface area contributed by atoms with Crippen molar-refractivity contribution in [2.75, 3.05) is 20.2 Å². The Balaban J connectivity index is 1.87. The van der Waals surface area contributed by atoms with Crippen molar-refractivity contribution in [3.63, 3.8) is 0 Å². The molecule has 0 aliphatic carbocycles. The average Bonchev–Trinajstić information content (AvgIpc) is 2.93. The minimum atomic E-state index is -0.166. The lowest BCUT2D eigenvalue weighted by Gasteiger charge is -2.31. The molecule has 0 bridgehead atoms. The van der Waals surface area contributed by atoms with Crippen LogP contribution >= 0.6 is 0 Å². The molecule has 1 amide bonds. The fourth-order valence-corrected chi connectivity index (χ4v) is 3.72. The summed E-state index contributed by atoms with van der Waals surface area (Å²) in [5.74, 6) is -0.188. The van der Waals surface area contributed by atoms with Crippen LogP contribution in [0.5, 0.6) is 0 Å². The van der Waals surface area contributed by atoms with E-state index in [1.807, 2.05) is 24.0 Å². The molecule has 5 nitrogen and oxygen atoms in total. The molecule has 1 aliphatic rings. The molecule has 0 atom stereocenters. The zero-order valence-corrected chi connectivity index (χ0v) is 14.5. The van der Waals surface area contributed by atoms with Gasteiger partial charge in [-0.25, -0.2) is 0 Å². The van der Waals surface area contributed by atoms with Gasteiger partial charge in [0.25, 0.3) is 5.91 Å². The highest BCUT2D eigenvalue weighted by Crippen LogP contribution is 2.28. The van der Waals surface area contributed by atoms with Gasteiger partial charge in [-0.1, -0.05) is 18.2 Å². The number of aromatic nitrogens is 1. The summed E-state index contributed by atoms with van der Waals surface area (Å²) in [6.07, 6.45) is 1.34. The van der Waals surface area contributed by atoms with Crippen molar-refractivity contribution in [2.45, 2.75) is 33.2 Å². The number of piperidine rings is 1. The summed E-state index contributed by atoms with van der Waals surface area (Å²) >= 11 is 0. The minimum Gasteiger partial charge on any atom is -0.469 e. The Morgan fingerprint density at radius 1 is 1.21 bits per heavy atom. The molecule has 128 valence electrons. The molecule has 24 heavy (non-hydrogen) atoms. The van der Waals surface area contributed by atoms with Gasteiger partial charge in [-0.05, 0) is 38.3 Å². The smallest absolute Gasteiger partial charge is 0.308 e. The number of likely N-dealkylation sites (tertiary alicyclic amines) is 1. The summed E-state index contributed by atoms with van der Waals surface area (Å²) in [5, 5.41) is 1.13. The van der Waals surface area contributed by atoms with Crippen LogP contribution in [-0.4, -0.2) is 41.5 Å². The summed E-state index contributed by atoms with van der Waals surface area (Å²) in [5.41, 5.74) is 2.91. The first-order valence-electron chi connectivity index (χ1n) is 8.53. The zero-order chi connectivity index (χ0) is 17.3. The molecule has 0 unspecified atom stereocenters. The second-order valence-corrected chi connectivity index (χ2v) is 6.32. The summed E-state index contributed by atoms with van der Waals surface area (Å²) < 4.78 is 6.92. The summed E-state index contributed by atoms with van der Waals surface area (Å²) in [7, 11) is 1.42. The third kappa shape index (κ3) is 2.68. The first-order chi connectivity index (χ1) is 11.6. The van der Waals surface area contributed by atoms with Crippen molar-refractivity contribution >= 4 is 22.8 Å². The molecule has 0 spiro atoms. The van der Waals surface area contributed by atoms with Gasteiger partial charge in [0.1, 0.15) is 5.69 Å². The van der Waals surface area contributed by atoms with Crippen molar-refractivity contribution < 1.29 is 14.3 Å². The lowest BCUT2D eigenvalue weighted by molar-refractivity contribution is -0.146. The largest absolute Gasteiger partial charge is 0.469 e. The van der Waals surface area contributed by atoms with E-state index in [0.717, 1.165) is 28.7 Å². The molecular weight excluding hydrogens is 304 g/mol. The van der Waals surface area contributed by atoms with Gasteiger partial charge in [-0.15, -0.1) is 0 Å². The summed E-state index contributed by atoms with van der Waals surface area (Å²) in [6, 6.07) is 8.14. The number of esters is 1. The molecular formula is C19H24N2O3. The summed E-state index contributed by atoms with van der Waals surface area (Å²) in [4.78, 5) is 26.6. The standard InChI is InChI=1S/C19H24N2O3/c1-4-21-16-8-6-5-7-15(16)13(2)17(21)18(22)20-11-9-14(10-12-20)19(23)24-3/h5-8,14H,4,9-12H2,1-3H3. The fraction of sp³-hybridized carbons (Fsp3) is 0.474. The number of amides is 1. The van der Waals surface area contributed by atoms with Gasteiger partial charge in [0.15, 0.2) is 0 Å². The third-order valence-electron chi connectivity index (χ3n) is 5.06. The van der Waals surface area contributed by atoms with Crippen LogP contribution in [0.25, 0.3) is 10.9 Å². The molecule has 1 aliphatic heterocycles. The van der Waals surface area contributed by atoms with Crippen molar-refractivity contribution in [3.8, 4) is 0 Å². The molecule has 5 heteroatoms. The molecule has 1 saturated heterocycles. The molecule has 0 saturated carbocycles. The van der Waals surface area contributed by atoms with E-state index in [4.69, 9.17) is 4.74 Å². The first kappa shape index (κ1) is 16.6. The maximum Gasteiger partial charge on any atom is 0.308 e. The van der Waals surface area contributed by atoms with Crippen LogP contribution in [0.3, 0.4) is 0 Å². The monoisotopic (exact) mass is 328 g/mol. The van der Waals surface area contributed by atoms with Crippen molar-refractivity contribution in [3.05, 3.63) is 35.5 Å². The van der Waals surface area contributed by atoms with E-state index in [1.54, 1.807) is 0 Å². The molecule has 2 heterocycles. The Labute approximate surface area is 142 Å². The minimum absolute atomic E-state index is 0.0638. The first-order valence-corrected chi connectivity index (χ1v) is 8.53. The van der Waals surface area contributed by atoms with Crippen LogP contribution in [0.4, 0.5) is 0 Å². The Kier molecular flexibility index (Phi) is 4.60. The summed E-state index contributed by atoms with van der Waals surface area (Å²) in [6.45, 7) is 6.04. The molecule has 0 radical (unpaired) electrons. The van der Waals surface area contributed by atoms with Crippen LogP contribution in [0.1, 0.15) is 35.8 Å². The van der Waals surface area contributed by atoms with E-state index in [2.05, 4.69) is 23.6 Å². The number of ether oxygens (including phenoxy) is 1. The Hall–Kier alpha value is -2.30. The van der Waals surface area contributed by atoms with Crippen LogP contribution in [0.15, 0.2) is 24.3 Å². The van der Waals surface area contributed by atoms with Gasteiger partial charge >= 0.3 is 5.97 Å². The predicted molar refractivity (Wildman–Crippen MR) is 93.0 cm³/mol. The Morgan fingerprint density at radius 3 is 2.50 bits per heavy atom. The highest BCUT2D eigenvalue weighted by atomic mass is 16.5. The molecule has 0 N–H and O–H groups in total. The molecule has 1 aromatic heterocycles. The number of aryl methyl sites for hydroxylation is 2. The second kappa shape index (κ2) is 6.67. The maximum absolute atomic E-state index is 13.1. The molecule has 3 rings (SSSR count). The molecule has 1 fully saturated rings. The average molecular weight is 328 g/mol. The van der Waals surface area contributed by atoms with Crippen LogP contribution in [0, 0.1) is 12.8 Å². The van der Waals surface area contributed by atoms with Crippen molar-refractivity contribution in [2.24, 2.45) is 5.92 Å². The van der Waals surface area contributed by atoms with E-state index < -0.39 is 0 Å². The van der Waals surface area contributed by atoms with Gasteiger partial charge in [0.2, 0.25) is 0 Å². The number of para-hydroxylation sites is 1. The number of methoxy groups -OCH3 is 1. The SMILES string of the molecule is CCn1c(C(=O)N2CCC(C(=O)OC)CC2)c(C)c2ccccc21. The van der Waals surface area contributed by atoms with Crippen molar-refractivity contribution in [1.29, 1.82) is 0 Å². The highest BCUT2D eigenvalue weighted by molar-refractivity contribution is 6.01. The Morgan fingerprint density at radius 2 is 1.88 bits per heavy atom. The van der Waals surface area contributed by atoms with E-state index in [9.17, 15) is 9.59 Å². The molecule has 1 aromatic carbocycles. The number of rotatable bonds is 3. The lowest BCUT2D eigenvalue weighted by atomic mass is 9.96. The second-order valence-electron chi connectivity index (χ2n) is 6.32. The Bertz CT molecular complexity index is 770. The van der Waals surface area contributed by atoms with Gasteiger partial charge < -0.3 is 14.2 Å². The number of benzene rings is 1. The third-order valence-corrected chi connectivity index (χ3v) is 5.06. The van der Waals surface area contributed by atoms with E-state index >= 15 is 0 Å². The van der Waals surface area contributed by atoms with Crippen LogP contribution in [-0.2, 0) is 16.1 Å². The number of hydrogen-bond donors (Lipinski definition) is 0. The van der Waals surface area contributed by atoms with Gasteiger partial charge in [-0.3, -0.25) is 9.59 Å². The predicted octanol–water partition coefficient (Wildman–Crippen LogP) is 2.99. The topological polar surface area (TPSA) is 51.5 Å². The number of carbonyl (C=O) groups is 2. The van der Waals surface area contributed by atoms with Gasteiger partial charge in [0, 0.05) is 30.5 Å². The van der Waals surface area contributed by atoms with Gasteiger partial charge in [-0.2, -0.15) is 0 Å². The van der Waals surface area contributed by atoms with E-state index in [1.165, 1.54) is 7.11 Å². The normalized spacial score (nSPS) is 15.7. The number of nitrogens with zero attached hydrogens (tertiary/aromatic N) is 2. The maximum atomic E-state index is 13.1. The van der Waals surface area contributed by atoms with Crippen molar-refractivity contribution in [1.82, 2.24) is 9.47 Å². The molecule has 2 aromatic rings. The quantitative estimate of drug-likeness (QED) is 0.814. The number of carbonyl (C=O) groups excluding carboxylic acids is 2. The van der Waals surface area contributed by atoms with E-state index in [-0.39, 0.29) is 17.8 Å². The van der Waals surface area contributed by atoms with Crippen LogP contribution in [0.2, 0.25) is 0 Å². The zero-order valence-electron chi connectivity index (χ0n) is 14.5. The van der Waals surface area contributed by atoms with Crippen LogP contribution < -0.4 is 0 Å². The fourth-order valence-electron chi connectivity index (χ4n) is 3.72. The highest BCUT2D eigenvalue weighted by Gasteiger charge is 2.30. The van der Waals surface area contributed by atoms with Gasteiger partial charge in [0.05, 0.1) is 13.0 Å². The van der Waals surface area contributed by atoms with E-state index in [0.29, 0.717) is 25.9 Å². The number of hydrogen-bond acceptors (Lipinski definition) is 3. The number of fused-ring (bicyclic) bond motifs is 1.